The highest BCUT2D eigenvalue weighted by molar-refractivity contribution is 7.11. The van der Waals surface area contributed by atoms with Crippen molar-refractivity contribution in [3.8, 4) is 0 Å². The molecule has 0 bridgehead atoms. The molecule has 1 aromatic carbocycles. The summed E-state index contributed by atoms with van der Waals surface area (Å²) in [5.41, 5.74) is 0.933. The lowest BCUT2D eigenvalue weighted by Crippen LogP contribution is -2.30. The molecule has 0 aliphatic heterocycles. The molecular weight excluding hydrogens is 293 g/mol. The van der Waals surface area contributed by atoms with Crippen LogP contribution >= 0.6 is 22.9 Å². The summed E-state index contributed by atoms with van der Waals surface area (Å²) in [6.07, 6.45) is 0.988. The summed E-state index contributed by atoms with van der Waals surface area (Å²) in [6.45, 7) is 6.32. The van der Waals surface area contributed by atoms with Crippen molar-refractivity contribution >= 4 is 22.9 Å². The molecule has 2 aromatic rings. The van der Waals surface area contributed by atoms with Gasteiger partial charge in [0.25, 0.3) is 0 Å². The molecule has 0 spiro atoms. The standard InChI is InChI=1S/C16H19ClFNS/c1-10(8-14-6-4-11(2)20-14)19-12(3)15-7-5-13(18)9-16(15)17/h4-7,9-10,12,19H,8H2,1-3H3. The summed E-state index contributed by atoms with van der Waals surface area (Å²) >= 11 is 7.92. The lowest BCUT2D eigenvalue weighted by molar-refractivity contribution is 0.478. The molecule has 0 radical (unpaired) electrons. The van der Waals surface area contributed by atoms with Crippen LogP contribution in [0.3, 0.4) is 0 Å². The van der Waals surface area contributed by atoms with Crippen LogP contribution < -0.4 is 5.32 Å². The molecule has 108 valence electrons. The van der Waals surface area contributed by atoms with E-state index in [-0.39, 0.29) is 11.9 Å². The molecule has 1 aromatic heterocycles. The van der Waals surface area contributed by atoms with Gasteiger partial charge in [0.2, 0.25) is 0 Å². The quantitative estimate of drug-likeness (QED) is 0.807. The average Bonchev–Trinajstić information content (AvgIpc) is 2.74. The lowest BCUT2D eigenvalue weighted by atomic mass is 10.1. The summed E-state index contributed by atoms with van der Waals surface area (Å²) in [4.78, 5) is 2.71. The Morgan fingerprint density at radius 1 is 1.25 bits per heavy atom. The van der Waals surface area contributed by atoms with Crippen molar-refractivity contribution in [2.45, 2.75) is 39.3 Å². The molecule has 0 aliphatic rings. The Morgan fingerprint density at radius 3 is 2.60 bits per heavy atom. The molecule has 2 rings (SSSR count). The maximum atomic E-state index is 13.1. The molecule has 4 heteroatoms. The number of rotatable bonds is 5. The van der Waals surface area contributed by atoms with Crippen molar-refractivity contribution < 1.29 is 4.39 Å². The summed E-state index contributed by atoms with van der Waals surface area (Å²) in [7, 11) is 0. The average molecular weight is 312 g/mol. The lowest BCUT2D eigenvalue weighted by Gasteiger charge is -2.21. The van der Waals surface area contributed by atoms with Crippen LogP contribution in [0.1, 0.15) is 35.2 Å². The van der Waals surface area contributed by atoms with E-state index in [9.17, 15) is 4.39 Å². The number of nitrogens with one attached hydrogen (secondary N) is 1. The van der Waals surface area contributed by atoms with Gasteiger partial charge in [-0.3, -0.25) is 0 Å². The van der Waals surface area contributed by atoms with Crippen LogP contribution in [0.25, 0.3) is 0 Å². The van der Waals surface area contributed by atoms with E-state index in [1.165, 1.54) is 21.9 Å². The Balaban J connectivity index is 1.98. The van der Waals surface area contributed by atoms with Gasteiger partial charge in [-0.1, -0.05) is 17.7 Å². The van der Waals surface area contributed by atoms with Crippen molar-refractivity contribution in [1.82, 2.24) is 5.32 Å². The van der Waals surface area contributed by atoms with E-state index in [4.69, 9.17) is 11.6 Å². The van der Waals surface area contributed by atoms with Crippen LogP contribution in [0.2, 0.25) is 5.02 Å². The van der Waals surface area contributed by atoms with Crippen LogP contribution in [-0.4, -0.2) is 6.04 Å². The topological polar surface area (TPSA) is 12.0 Å². The minimum absolute atomic E-state index is 0.0964. The molecule has 20 heavy (non-hydrogen) atoms. The molecule has 0 saturated carbocycles. The first-order chi connectivity index (χ1) is 9.45. The third-order valence-corrected chi connectivity index (χ3v) is 4.62. The minimum Gasteiger partial charge on any atom is -0.307 e. The fourth-order valence-corrected chi connectivity index (χ4v) is 3.67. The molecule has 2 unspecified atom stereocenters. The zero-order valence-corrected chi connectivity index (χ0v) is 13.5. The maximum Gasteiger partial charge on any atom is 0.124 e. The van der Waals surface area contributed by atoms with Gasteiger partial charge in [0.15, 0.2) is 0 Å². The van der Waals surface area contributed by atoms with Crippen molar-refractivity contribution in [3.05, 3.63) is 56.5 Å². The van der Waals surface area contributed by atoms with Crippen LogP contribution in [0.5, 0.6) is 0 Å². The van der Waals surface area contributed by atoms with E-state index >= 15 is 0 Å². The summed E-state index contributed by atoms with van der Waals surface area (Å²) in [5, 5.41) is 3.99. The number of hydrogen-bond donors (Lipinski definition) is 1. The van der Waals surface area contributed by atoms with E-state index in [1.54, 1.807) is 6.07 Å². The van der Waals surface area contributed by atoms with Crippen molar-refractivity contribution in [3.63, 3.8) is 0 Å². The number of benzene rings is 1. The second-order valence-corrected chi connectivity index (χ2v) is 6.95. The Labute approximate surface area is 128 Å². The Bertz CT molecular complexity index is 582. The zero-order valence-electron chi connectivity index (χ0n) is 11.9. The molecule has 0 saturated heterocycles. The van der Waals surface area contributed by atoms with Gasteiger partial charge in [-0.05, 0) is 57.0 Å². The van der Waals surface area contributed by atoms with Crippen molar-refractivity contribution in [2.75, 3.05) is 0 Å². The second-order valence-electron chi connectivity index (χ2n) is 5.17. The normalized spacial score (nSPS) is 14.2. The zero-order chi connectivity index (χ0) is 14.7. The number of hydrogen-bond acceptors (Lipinski definition) is 2. The third-order valence-electron chi connectivity index (χ3n) is 3.27. The van der Waals surface area contributed by atoms with E-state index in [0.717, 1.165) is 12.0 Å². The summed E-state index contributed by atoms with van der Waals surface area (Å²) in [5.74, 6) is -0.298. The summed E-state index contributed by atoms with van der Waals surface area (Å²) in [6, 6.07) is 9.32. The number of thiophene rings is 1. The predicted octanol–water partition coefficient (Wildman–Crippen LogP) is 5.13. The van der Waals surface area contributed by atoms with Gasteiger partial charge in [-0.2, -0.15) is 0 Å². The largest absolute Gasteiger partial charge is 0.307 e. The monoisotopic (exact) mass is 311 g/mol. The molecule has 0 fully saturated rings. The van der Waals surface area contributed by atoms with Gasteiger partial charge in [0, 0.05) is 26.9 Å². The van der Waals surface area contributed by atoms with Gasteiger partial charge in [0.05, 0.1) is 0 Å². The number of halogens is 2. The Morgan fingerprint density at radius 2 is 2.00 bits per heavy atom. The van der Waals surface area contributed by atoms with Gasteiger partial charge in [-0.15, -0.1) is 11.3 Å². The van der Waals surface area contributed by atoms with Crippen LogP contribution in [0.4, 0.5) is 4.39 Å². The Kier molecular flexibility index (Phi) is 5.19. The SMILES string of the molecule is Cc1ccc(CC(C)NC(C)c2ccc(F)cc2Cl)s1. The first kappa shape index (κ1) is 15.5. The molecule has 0 amide bonds. The maximum absolute atomic E-state index is 13.1. The fourth-order valence-electron chi connectivity index (χ4n) is 2.32. The van der Waals surface area contributed by atoms with Gasteiger partial charge in [-0.25, -0.2) is 4.39 Å². The highest BCUT2D eigenvalue weighted by Gasteiger charge is 2.14. The molecule has 2 atom stereocenters. The smallest absolute Gasteiger partial charge is 0.124 e. The third kappa shape index (κ3) is 4.05. The minimum atomic E-state index is -0.298. The molecule has 1 N–H and O–H groups in total. The molecule has 0 aliphatic carbocycles. The Hall–Kier alpha value is -0.900. The first-order valence-corrected chi connectivity index (χ1v) is 7.91. The van der Waals surface area contributed by atoms with E-state index in [1.807, 2.05) is 11.3 Å². The van der Waals surface area contributed by atoms with Gasteiger partial charge in [0.1, 0.15) is 5.82 Å². The summed E-state index contributed by atoms with van der Waals surface area (Å²) < 4.78 is 13.1. The molecule has 1 heterocycles. The van der Waals surface area contributed by atoms with E-state index in [2.05, 4.69) is 38.2 Å². The van der Waals surface area contributed by atoms with E-state index in [0.29, 0.717) is 11.1 Å². The predicted molar refractivity (Wildman–Crippen MR) is 85.2 cm³/mol. The molecule has 1 nitrogen and oxygen atoms in total. The van der Waals surface area contributed by atoms with Gasteiger partial charge < -0.3 is 5.32 Å². The fraction of sp³-hybridized carbons (Fsp3) is 0.375. The van der Waals surface area contributed by atoms with E-state index < -0.39 is 0 Å². The van der Waals surface area contributed by atoms with Crippen molar-refractivity contribution in [2.24, 2.45) is 0 Å². The van der Waals surface area contributed by atoms with Crippen LogP contribution in [-0.2, 0) is 6.42 Å². The molecular formula is C16H19ClFNS. The van der Waals surface area contributed by atoms with Gasteiger partial charge >= 0.3 is 0 Å². The second kappa shape index (κ2) is 6.70. The highest BCUT2D eigenvalue weighted by Crippen LogP contribution is 2.24. The number of aryl methyl sites for hydroxylation is 1. The highest BCUT2D eigenvalue weighted by atomic mass is 35.5. The van der Waals surface area contributed by atoms with Crippen molar-refractivity contribution in [1.29, 1.82) is 0 Å². The van der Waals surface area contributed by atoms with Crippen LogP contribution in [0, 0.1) is 12.7 Å². The first-order valence-electron chi connectivity index (χ1n) is 6.72. The van der Waals surface area contributed by atoms with Crippen LogP contribution in [0.15, 0.2) is 30.3 Å².